The number of aromatic hydroxyl groups is 1. The van der Waals surface area contributed by atoms with Crippen LogP contribution < -0.4 is 0 Å². The Morgan fingerprint density at radius 2 is 1.90 bits per heavy atom. The van der Waals surface area contributed by atoms with Crippen LogP contribution in [0.2, 0.25) is 10.0 Å². The third kappa shape index (κ3) is 3.47. The Kier molecular flexibility index (Phi) is 4.99. The van der Waals surface area contributed by atoms with Crippen LogP contribution >= 0.6 is 23.2 Å². The highest BCUT2D eigenvalue weighted by Crippen LogP contribution is 2.38. The van der Waals surface area contributed by atoms with E-state index in [0.29, 0.717) is 32.7 Å². The molecule has 2 aromatic carbocycles. The highest BCUT2D eigenvalue weighted by atomic mass is 35.5. The lowest BCUT2D eigenvalue weighted by molar-refractivity contribution is 0.420. The summed E-state index contributed by atoms with van der Waals surface area (Å²) in [5.74, 6) is -0.0375. The third-order valence-corrected chi connectivity index (χ3v) is 7.44. The van der Waals surface area contributed by atoms with Gasteiger partial charge in [0.05, 0.1) is 33.8 Å². The van der Waals surface area contributed by atoms with Crippen LogP contribution in [0.1, 0.15) is 25.1 Å². The van der Waals surface area contributed by atoms with Crippen LogP contribution in [-0.2, 0) is 23.1 Å². The fourth-order valence-electron chi connectivity index (χ4n) is 3.30. The van der Waals surface area contributed by atoms with Gasteiger partial charge in [-0.15, -0.1) is 0 Å². The summed E-state index contributed by atoms with van der Waals surface area (Å²) < 4.78 is 28.3. The van der Waals surface area contributed by atoms with Gasteiger partial charge in [0, 0.05) is 23.2 Å². The topological polar surface area (TPSA) is 75.4 Å². The molecular weight excluding hydrogens is 433 g/mol. The summed E-state index contributed by atoms with van der Waals surface area (Å²) in [5.41, 5.74) is 3.09. The number of phenols is 1. The Morgan fingerprint density at radius 1 is 1.14 bits per heavy atom. The van der Waals surface area contributed by atoms with Crippen molar-refractivity contribution in [3.63, 3.8) is 0 Å². The first-order valence-electron chi connectivity index (χ1n) is 8.87. The lowest BCUT2D eigenvalue weighted by Gasteiger charge is -2.19. The Labute approximate surface area is 179 Å². The normalized spacial score (nSPS) is 14.2. The molecular formula is C20H17Cl2N3O3S. The molecule has 4 rings (SSSR count). The molecule has 2 heterocycles. The van der Waals surface area contributed by atoms with E-state index < -0.39 is 15.3 Å². The van der Waals surface area contributed by atoms with Gasteiger partial charge in [-0.05, 0) is 44.2 Å². The smallest absolute Gasteiger partial charge is 0.217 e. The Bertz CT molecular complexity index is 1190. The van der Waals surface area contributed by atoms with Gasteiger partial charge in [0.15, 0.2) is 0 Å². The SMILES string of the molecule is CC(C)S(=O)(=O)N1Cc2nn(-c3ccc(Cl)cc3O)c(-c3c#cc(Cl)cc3)c2C1. The molecule has 0 saturated heterocycles. The van der Waals surface area contributed by atoms with Crippen molar-refractivity contribution >= 4 is 33.2 Å². The molecule has 6 nitrogen and oxygen atoms in total. The molecule has 0 bridgehead atoms. The van der Waals surface area contributed by atoms with Crippen LogP contribution in [-0.4, -0.2) is 32.9 Å². The Balaban J connectivity index is 1.89. The second-order valence-corrected chi connectivity index (χ2v) is 10.4. The van der Waals surface area contributed by atoms with E-state index >= 15 is 0 Å². The van der Waals surface area contributed by atoms with Crippen molar-refractivity contribution in [2.75, 3.05) is 0 Å². The first-order chi connectivity index (χ1) is 13.7. The largest absolute Gasteiger partial charge is 0.506 e. The van der Waals surface area contributed by atoms with Gasteiger partial charge >= 0.3 is 0 Å². The number of rotatable bonds is 4. The lowest BCUT2D eigenvalue weighted by Crippen LogP contribution is -2.32. The van der Waals surface area contributed by atoms with E-state index in [-0.39, 0.29) is 18.8 Å². The van der Waals surface area contributed by atoms with Crippen LogP contribution in [0, 0.1) is 12.1 Å². The first-order valence-corrected chi connectivity index (χ1v) is 11.1. The molecule has 0 atom stereocenters. The minimum absolute atomic E-state index is 0.0375. The van der Waals surface area contributed by atoms with Crippen molar-refractivity contribution in [1.82, 2.24) is 14.1 Å². The van der Waals surface area contributed by atoms with E-state index in [1.165, 1.54) is 10.4 Å². The highest BCUT2D eigenvalue weighted by molar-refractivity contribution is 7.89. The first kappa shape index (κ1) is 20.0. The summed E-state index contributed by atoms with van der Waals surface area (Å²) in [4.78, 5) is 0. The minimum atomic E-state index is -3.43. The summed E-state index contributed by atoms with van der Waals surface area (Å²) in [6.45, 7) is 3.67. The molecule has 150 valence electrons. The molecule has 3 aromatic rings. The van der Waals surface area contributed by atoms with Gasteiger partial charge in [0.2, 0.25) is 10.0 Å². The molecule has 1 aliphatic heterocycles. The van der Waals surface area contributed by atoms with Gasteiger partial charge in [-0.3, -0.25) is 0 Å². The van der Waals surface area contributed by atoms with Crippen molar-refractivity contribution in [2.24, 2.45) is 0 Å². The van der Waals surface area contributed by atoms with Crippen LogP contribution in [0.5, 0.6) is 5.75 Å². The molecule has 0 fully saturated rings. The summed E-state index contributed by atoms with van der Waals surface area (Å²) >= 11 is 11.9. The van der Waals surface area contributed by atoms with Gasteiger partial charge in [-0.1, -0.05) is 29.3 Å². The second kappa shape index (κ2) is 7.22. The number of aromatic nitrogens is 2. The van der Waals surface area contributed by atoms with Gasteiger partial charge in [0.1, 0.15) is 11.4 Å². The van der Waals surface area contributed by atoms with Crippen molar-refractivity contribution in [3.8, 4) is 22.7 Å². The second-order valence-electron chi connectivity index (χ2n) is 7.03. The number of benzene rings is 1. The predicted molar refractivity (Wildman–Crippen MR) is 112 cm³/mol. The van der Waals surface area contributed by atoms with E-state index in [0.717, 1.165) is 5.56 Å². The average molecular weight is 450 g/mol. The lowest BCUT2D eigenvalue weighted by atomic mass is 10.1. The number of hydrogen-bond acceptors (Lipinski definition) is 4. The molecule has 29 heavy (non-hydrogen) atoms. The maximum atomic E-state index is 12.6. The molecule has 0 radical (unpaired) electrons. The molecule has 0 amide bonds. The molecule has 0 unspecified atom stereocenters. The van der Waals surface area contributed by atoms with Crippen LogP contribution in [0.3, 0.4) is 0 Å². The monoisotopic (exact) mass is 449 g/mol. The molecule has 0 spiro atoms. The zero-order valence-electron chi connectivity index (χ0n) is 15.6. The van der Waals surface area contributed by atoms with Crippen molar-refractivity contribution < 1.29 is 13.5 Å². The standard InChI is InChI=1S/C20H17Cl2N3O3S/c1-12(2)29(27,28)24-10-16-17(11-24)23-25(18-8-7-15(22)9-19(18)26)20(16)13-3-5-14(21)6-4-13/h3,5,7-9,12,26H,10-11H2,1-2H3. The van der Waals surface area contributed by atoms with E-state index in [1.54, 1.807) is 42.8 Å². The fourth-order valence-corrected chi connectivity index (χ4v) is 4.78. The molecule has 9 heteroatoms. The quantitative estimate of drug-likeness (QED) is 0.647. The van der Waals surface area contributed by atoms with Crippen molar-refractivity contribution in [3.05, 3.63) is 63.8 Å². The van der Waals surface area contributed by atoms with Crippen LogP contribution in [0.25, 0.3) is 16.9 Å². The van der Waals surface area contributed by atoms with Gasteiger partial charge in [0.25, 0.3) is 0 Å². The number of fused-ring (bicyclic) bond motifs is 1. The minimum Gasteiger partial charge on any atom is -0.506 e. The number of nitrogens with zero attached hydrogens (tertiary/aromatic N) is 3. The predicted octanol–water partition coefficient (Wildman–Crippen LogP) is 4.21. The highest BCUT2D eigenvalue weighted by Gasteiger charge is 2.36. The Hall–Kier alpha value is -2.24. The maximum Gasteiger partial charge on any atom is 0.217 e. The zero-order chi connectivity index (χ0) is 20.9. The Morgan fingerprint density at radius 3 is 2.52 bits per heavy atom. The number of phenolic OH excluding ortho intramolecular Hbond substituents is 1. The zero-order valence-corrected chi connectivity index (χ0v) is 18.0. The van der Waals surface area contributed by atoms with Gasteiger partial charge in [-0.25, -0.2) is 13.1 Å². The van der Waals surface area contributed by atoms with Crippen molar-refractivity contribution in [2.45, 2.75) is 32.2 Å². The summed E-state index contributed by atoms with van der Waals surface area (Å²) in [6, 6.07) is 14.0. The fraction of sp³-hybridized carbons (Fsp3) is 0.250. The summed E-state index contributed by atoms with van der Waals surface area (Å²) in [6.07, 6.45) is 0. The third-order valence-electron chi connectivity index (χ3n) is 4.82. The summed E-state index contributed by atoms with van der Waals surface area (Å²) in [7, 11) is -3.43. The maximum absolute atomic E-state index is 12.6. The summed E-state index contributed by atoms with van der Waals surface area (Å²) in [5, 5.41) is 15.3. The van der Waals surface area contributed by atoms with Crippen molar-refractivity contribution in [1.29, 1.82) is 0 Å². The molecule has 0 aliphatic carbocycles. The van der Waals surface area contributed by atoms with Gasteiger partial charge < -0.3 is 5.11 Å². The van der Waals surface area contributed by atoms with Gasteiger partial charge in [-0.2, -0.15) is 9.40 Å². The van der Waals surface area contributed by atoms with E-state index in [2.05, 4.69) is 17.2 Å². The molecule has 1 aromatic heterocycles. The van der Waals surface area contributed by atoms with E-state index in [1.807, 2.05) is 0 Å². The van der Waals surface area contributed by atoms with Crippen LogP contribution in [0.15, 0.2) is 30.3 Å². The molecule has 0 saturated carbocycles. The average Bonchev–Trinajstić information content (AvgIpc) is 3.21. The number of sulfonamides is 1. The van der Waals surface area contributed by atoms with E-state index in [4.69, 9.17) is 23.2 Å². The molecule has 1 N–H and O–H groups in total. The number of hydrogen-bond donors (Lipinski definition) is 1. The van der Waals surface area contributed by atoms with Crippen LogP contribution in [0.4, 0.5) is 0 Å². The van der Waals surface area contributed by atoms with E-state index in [9.17, 15) is 13.5 Å². The number of halogens is 2. The molecule has 1 aliphatic rings.